The van der Waals surface area contributed by atoms with E-state index in [0.29, 0.717) is 0 Å². The van der Waals surface area contributed by atoms with Crippen LogP contribution in [0.1, 0.15) is 25.0 Å². The fourth-order valence-corrected chi connectivity index (χ4v) is 2.31. The quantitative estimate of drug-likeness (QED) is 0.798. The second-order valence-corrected chi connectivity index (χ2v) is 4.67. The minimum Gasteiger partial charge on any atom is -0.446 e. The lowest BCUT2D eigenvalue weighted by Gasteiger charge is -2.29. The first-order chi connectivity index (χ1) is 9.22. The molecule has 0 atom stereocenters. The molecular weight excluding hydrogens is 236 g/mol. The monoisotopic (exact) mass is 252 g/mol. The van der Waals surface area contributed by atoms with Gasteiger partial charge in [0.15, 0.2) is 0 Å². The molecule has 0 spiro atoms. The van der Waals surface area contributed by atoms with Gasteiger partial charge in [0, 0.05) is 11.1 Å². The Kier molecular flexibility index (Phi) is 2.79. The Balaban J connectivity index is 2.14. The predicted octanol–water partition coefficient (Wildman–Crippen LogP) is 4.19. The standard InChI is InChI=1S/C17H16O2/c1-13-14(2)19-17(18-13,15-9-5-3-6-10-15)16-11-7-4-8-12-16/h3-12H,1-2H3. The van der Waals surface area contributed by atoms with Crippen molar-refractivity contribution in [3.63, 3.8) is 0 Å². The van der Waals surface area contributed by atoms with Crippen LogP contribution in [0.15, 0.2) is 72.2 Å². The molecule has 1 aliphatic rings. The molecule has 2 aromatic carbocycles. The molecule has 0 aromatic heterocycles. The Bertz CT molecular complexity index is 544. The molecule has 0 bridgehead atoms. The first-order valence-corrected chi connectivity index (χ1v) is 6.39. The summed E-state index contributed by atoms with van der Waals surface area (Å²) in [5, 5.41) is 0. The minimum absolute atomic E-state index is 0.827. The maximum Gasteiger partial charge on any atom is 0.304 e. The zero-order chi connectivity index (χ0) is 13.3. The van der Waals surface area contributed by atoms with Crippen LogP contribution < -0.4 is 0 Å². The Labute approximate surface area is 113 Å². The summed E-state index contributed by atoms with van der Waals surface area (Å²) in [5.41, 5.74) is 2.00. The van der Waals surface area contributed by atoms with Crippen molar-refractivity contribution in [1.29, 1.82) is 0 Å². The summed E-state index contributed by atoms with van der Waals surface area (Å²) in [6.45, 7) is 3.87. The molecule has 2 heteroatoms. The molecule has 0 N–H and O–H groups in total. The predicted molar refractivity (Wildman–Crippen MR) is 74.2 cm³/mol. The van der Waals surface area contributed by atoms with E-state index >= 15 is 0 Å². The third-order valence-corrected chi connectivity index (χ3v) is 3.40. The maximum absolute atomic E-state index is 6.09. The summed E-state index contributed by atoms with van der Waals surface area (Å²) in [6, 6.07) is 20.1. The second kappa shape index (κ2) is 4.47. The highest BCUT2D eigenvalue weighted by molar-refractivity contribution is 5.36. The lowest BCUT2D eigenvalue weighted by molar-refractivity contribution is -0.126. The molecule has 1 heterocycles. The average molecular weight is 252 g/mol. The first kappa shape index (κ1) is 11.8. The first-order valence-electron chi connectivity index (χ1n) is 6.39. The van der Waals surface area contributed by atoms with Crippen molar-refractivity contribution < 1.29 is 9.47 Å². The van der Waals surface area contributed by atoms with Gasteiger partial charge in [-0.3, -0.25) is 0 Å². The van der Waals surface area contributed by atoms with Gasteiger partial charge in [-0.15, -0.1) is 0 Å². The van der Waals surface area contributed by atoms with Gasteiger partial charge in [0.2, 0.25) is 0 Å². The topological polar surface area (TPSA) is 18.5 Å². The van der Waals surface area contributed by atoms with Crippen molar-refractivity contribution in [2.24, 2.45) is 0 Å². The van der Waals surface area contributed by atoms with Gasteiger partial charge in [0.25, 0.3) is 0 Å². The summed E-state index contributed by atoms with van der Waals surface area (Å²) >= 11 is 0. The molecule has 0 radical (unpaired) electrons. The van der Waals surface area contributed by atoms with Gasteiger partial charge in [-0.05, 0) is 13.8 Å². The molecule has 0 aliphatic carbocycles. The van der Waals surface area contributed by atoms with E-state index in [1.807, 2.05) is 74.5 Å². The smallest absolute Gasteiger partial charge is 0.304 e. The number of allylic oxidation sites excluding steroid dienone is 2. The zero-order valence-corrected chi connectivity index (χ0v) is 11.1. The number of benzene rings is 2. The summed E-state index contributed by atoms with van der Waals surface area (Å²) in [6.07, 6.45) is 0. The molecule has 2 nitrogen and oxygen atoms in total. The summed E-state index contributed by atoms with van der Waals surface area (Å²) in [5.74, 6) is 0.803. The van der Waals surface area contributed by atoms with Gasteiger partial charge < -0.3 is 9.47 Å². The van der Waals surface area contributed by atoms with Crippen LogP contribution in [0, 0.1) is 0 Å². The Hall–Kier alpha value is -2.22. The van der Waals surface area contributed by atoms with Gasteiger partial charge in [-0.25, -0.2) is 0 Å². The van der Waals surface area contributed by atoms with E-state index in [2.05, 4.69) is 0 Å². The van der Waals surface area contributed by atoms with Gasteiger partial charge >= 0.3 is 5.79 Å². The molecule has 0 saturated heterocycles. The van der Waals surface area contributed by atoms with Crippen LogP contribution in [0.25, 0.3) is 0 Å². The van der Waals surface area contributed by atoms with E-state index in [4.69, 9.17) is 9.47 Å². The fourth-order valence-electron chi connectivity index (χ4n) is 2.31. The second-order valence-electron chi connectivity index (χ2n) is 4.67. The highest BCUT2D eigenvalue weighted by Crippen LogP contribution is 2.43. The summed E-state index contributed by atoms with van der Waals surface area (Å²) in [4.78, 5) is 0. The van der Waals surface area contributed by atoms with Crippen LogP contribution in [0.3, 0.4) is 0 Å². The van der Waals surface area contributed by atoms with Crippen LogP contribution in [0.2, 0.25) is 0 Å². The number of ether oxygens (including phenoxy) is 2. The third kappa shape index (κ3) is 1.89. The largest absolute Gasteiger partial charge is 0.446 e. The van der Waals surface area contributed by atoms with Crippen LogP contribution in [-0.2, 0) is 15.3 Å². The highest BCUT2D eigenvalue weighted by atomic mass is 16.7. The van der Waals surface area contributed by atoms with Crippen LogP contribution in [-0.4, -0.2) is 0 Å². The molecule has 0 amide bonds. The van der Waals surface area contributed by atoms with Crippen molar-refractivity contribution in [2.45, 2.75) is 19.6 Å². The van der Waals surface area contributed by atoms with Crippen LogP contribution in [0.4, 0.5) is 0 Å². The van der Waals surface area contributed by atoms with Gasteiger partial charge in [-0.1, -0.05) is 60.7 Å². The number of rotatable bonds is 2. The molecule has 96 valence electrons. The molecule has 1 aliphatic heterocycles. The number of hydrogen-bond donors (Lipinski definition) is 0. The molecular formula is C17H16O2. The molecule has 0 saturated carbocycles. The summed E-state index contributed by atoms with van der Waals surface area (Å²) < 4.78 is 12.2. The lowest BCUT2D eigenvalue weighted by atomic mass is 9.97. The van der Waals surface area contributed by atoms with Crippen molar-refractivity contribution in [3.05, 3.63) is 83.3 Å². The van der Waals surface area contributed by atoms with E-state index in [9.17, 15) is 0 Å². The Morgan fingerprint density at radius 1 is 0.632 bits per heavy atom. The van der Waals surface area contributed by atoms with Gasteiger partial charge in [0.05, 0.1) is 0 Å². The van der Waals surface area contributed by atoms with E-state index in [0.717, 1.165) is 22.6 Å². The van der Waals surface area contributed by atoms with Crippen molar-refractivity contribution in [3.8, 4) is 0 Å². The van der Waals surface area contributed by atoms with Crippen molar-refractivity contribution in [1.82, 2.24) is 0 Å². The summed E-state index contributed by atoms with van der Waals surface area (Å²) in [7, 11) is 0. The van der Waals surface area contributed by atoms with E-state index < -0.39 is 5.79 Å². The molecule has 2 aromatic rings. The maximum atomic E-state index is 6.09. The zero-order valence-electron chi connectivity index (χ0n) is 11.1. The molecule has 3 rings (SSSR count). The molecule has 0 unspecified atom stereocenters. The van der Waals surface area contributed by atoms with E-state index in [1.54, 1.807) is 0 Å². The Morgan fingerprint density at radius 3 is 1.37 bits per heavy atom. The van der Waals surface area contributed by atoms with Crippen LogP contribution >= 0.6 is 0 Å². The van der Waals surface area contributed by atoms with Crippen molar-refractivity contribution >= 4 is 0 Å². The third-order valence-electron chi connectivity index (χ3n) is 3.40. The van der Waals surface area contributed by atoms with E-state index in [1.165, 1.54) is 0 Å². The highest BCUT2D eigenvalue weighted by Gasteiger charge is 2.44. The minimum atomic E-state index is -0.851. The van der Waals surface area contributed by atoms with Crippen LogP contribution in [0.5, 0.6) is 0 Å². The number of hydrogen-bond acceptors (Lipinski definition) is 2. The fraction of sp³-hybridized carbons (Fsp3) is 0.176. The lowest BCUT2D eigenvalue weighted by Crippen LogP contribution is -2.29. The molecule has 0 fully saturated rings. The van der Waals surface area contributed by atoms with E-state index in [-0.39, 0.29) is 0 Å². The molecule has 19 heavy (non-hydrogen) atoms. The SMILES string of the molecule is CC1=C(C)OC(c2ccccc2)(c2ccccc2)O1. The van der Waals surface area contributed by atoms with Gasteiger partial charge in [0.1, 0.15) is 11.5 Å². The Morgan fingerprint density at radius 2 is 1.00 bits per heavy atom. The van der Waals surface area contributed by atoms with Crippen molar-refractivity contribution in [2.75, 3.05) is 0 Å². The normalized spacial score (nSPS) is 16.9. The average Bonchev–Trinajstić information content (AvgIpc) is 2.78. The van der Waals surface area contributed by atoms with Gasteiger partial charge in [-0.2, -0.15) is 0 Å².